The summed E-state index contributed by atoms with van der Waals surface area (Å²) in [5, 5.41) is 3.86. The van der Waals surface area contributed by atoms with Crippen LogP contribution in [0.2, 0.25) is 5.02 Å². The summed E-state index contributed by atoms with van der Waals surface area (Å²) in [4.78, 5) is 12.4. The Hall–Kier alpha value is -1.26. The SMILES string of the molecule is CCOC(=O)C(COC)(Nc1ccccc1Cl)C1CC1. The first kappa shape index (κ1) is 15.1. The lowest BCUT2D eigenvalue weighted by Crippen LogP contribution is -2.53. The molecule has 1 unspecified atom stereocenters. The van der Waals surface area contributed by atoms with Gasteiger partial charge in [-0.1, -0.05) is 23.7 Å². The van der Waals surface area contributed by atoms with Gasteiger partial charge < -0.3 is 14.8 Å². The number of hydrogen-bond acceptors (Lipinski definition) is 4. The van der Waals surface area contributed by atoms with Gasteiger partial charge in [-0.3, -0.25) is 0 Å². The van der Waals surface area contributed by atoms with Gasteiger partial charge in [-0.15, -0.1) is 0 Å². The first-order valence-electron chi connectivity index (χ1n) is 6.83. The average Bonchev–Trinajstić information content (AvgIpc) is 3.25. The molecule has 0 aliphatic heterocycles. The van der Waals surface area contributed by atoms with Gasteiger partial charge in [-0.2, -0.15) is 0 Å². The minimum Gasteiger partial charge on any atom is -0.464 e. The molecule has 0 spiro atoms. The van der Waals surface area contributed by atoms with E-state index in [1.807, 2.05) is 18.2 Å². The number of methoxy groups -OCH3 is 1. The van der Waals surface area contributed by atoms with E-state index in [2.05, 4.69) is 5.32 Å². The van der Waals surface area contributed by atoms with Gasteiger partial charge >= 0.3 is 5.97 Å². The Morgan fingerprint density at radius 3 is 2.70 bits per heavy atom. The van der Waals surface area contributed by atoms with Crippen LogP contribution in [0.5, 0.6) is 0 Å². The van der Waals surface area contributed by atoms with Crippen LogP contribution >= 0.6 is 11.6 Å². The number of hydrogen-bond donors (Lipinski definition) is 1. The zero-order valence-electron chi connectivity index (χ0n) is 11.8. The van der Waals surface area contributed by atoms with E-state index in [4.69, 9.17) is 21.1 Å². The molecular weight excluding hydrogens is 278 g/mol. The molecule has 0 amide bonds. The van der Waals surface area contributed by atoms with Crippen molar-refractivity contribution in [3.05, 3.63) is 29.3 Å². The van der Waals surface area contributed by atoms with Crippen molar-refractivity contribution in [3.63, 3.8) is 0 Å². The lowest BCUT2D eigenvalue weighted by Gasteiger charge is -2.33. The van der Waals surface area contributed by atoms with Crippen molar-refractivity contribution < 1.29 is 14.3 Å². The quantitative estimate of drug-likeness (QED) is 0.786. The van der Waals surface area contributed by atoms with Crippen molar-refractivity contribution in [2.75, 3.05) is 25.6 Å². The standard InChI is InChI=1S/C15H20ClNO3/c1-3-20-14(18)15(10-19-2,11-8-9-11)17-13-7-5-4-6-12(13)16/h4-7,11,17H,3,8-10H2,1-2H3. The second-order valence-electron chi connectivity index (χ2n) is 5.00. The molecule has 1 saturated carbocycles. The molecule has 110 valence electrons. The van der Waals surface area contributed by atoms with Crippen molar-refractivity contribution in [2.24, 2.45) is 5.92 Å². The molecule has 5 heteroatoms. The van der Waals surface area contributed by atoms with Gasteiger partial charge in [0.1, 0.15) is 0 Å². The van der Waals surface area contributed by atoms with Gasteiger partial charge in [0, 0.05) is 7.11 Å². The first-order chi connectivity index (χ1) is 9.64. The number of rotatable bonds is 7. The maximum Gasteiger partial charge on any atom is 0.334 e. The second-order valence-corrected chi connectivity index (χ2v) is 5.41. The van der Waals surface area contributed by atoms with E-state index >= 15 is 0 Å². The minimum atomic E-state index is -0.851. The van der Waals surface area contributed by atoms with Crippen molar-refractivity contribution in [3.8, 4) is 0 Å². The summed E-state index contributed by atoms with van der Waals surface area (Å²) < 4.78 is 10.5. The number of halogens is 1. The van der Waals surface area contributed by atoms with Crippen LogP contribution in [0.15, 0.2) is 24.3 Å². The summed E-state index contributed by atoms with van der Waals surface area (Å²) in [5.74, 6) is -0.0537. The fraction of sp³-hybridized carbons (Fsp3) is 0.533. The number of carbonyl (C=O) groups excluding carboxylic acids is 1. The van der Waals surface area contributed by atoms with E-state index in [0.29, 0.717) is 11.6 Å². The van der Waals surface area contributed by atoms with Crippen LogP contribution in [0.25, 0.3) is 0 Å². The van der Waals surface area contributed by atoms with E-state index in [1.165, 1.54) is 0 Å². The number of carbonyl (C=O) groups is 1. The van der Waals surface area contributed by atoms with Crippen molar-refractivity contribution >= 4 is 23.3 Å². The van der Waals surface area contributed by atoms with Crippen LogP contribution in [-0.2, 0) is 14.3 Å². The molecule has 20 heavy (non-hydrogen) atoms. The highest BCUT2D eigenvalue weighted by molar-refractivity contribution is 6.33. The van der Waals surface area contributed by atoms with Gasteiger partial charge in [0.15, 0.2) is 5.54 Å². The Kier molecular flexibility index (Phi) is 4.89. The fourth-order valence-electron chi connectivity index (χ4n) is 2.40. The van der Waals surface area contributed by atoms with E-state index in [9.17, 15) is 4.79 Å². The molecule has 4 nitrogen and oxygen atoms in total. The smallest absolute Gasteiger partial charge is 0.334 e. The zero-order chi connectivity index (χ0) is 14.6. The number of ether oxygens (including phenoxy) is 2. The van der Waals surface area contributed by atoms with Crippen molar-refractivity contribution in [1.82, 2.24) is 0 Å². The van der Waals surface area contributed by atoms with Crippen LogP contribution in [0, 0.1) is 5.92 Å². The summed E-state index contributed by atoms with van der Waals surface area (Å²) in [5.41, 5.74) is -0.124. The summed E-state index contributed by atoms with van der Waals surface area (Å²) in [7, 11) is 1.59. The Labute approximate surface area is 124 Å². The maximum atomic E-state index is 12.4. The van der Waals surface area contributed by atoms with Gasteiger partial charge in [0.25, 0.3) is 0 Å². The summed E-state index contributed by atoms with van der Waals surface area (Å²) in [6, 6.07) is 7.38. The van der Waals surface area contributed by atoms with Gasteiger partial charge in [-0.05, 0) is 37.8 Å². The van der Waals surface area contributed by atoms with Gasteiger partial charge in [0.2, 0.25) is 0 Å². The Balaban J connectivity index is 2.30. The molecule has 0 heterocycles. The lowest BCUT2D eigenvalue weighted by atomic mass is 9.93. The molecule has 0 radical (unpaired) electrons. The molecule has 1 aromatic rings. The largest absolute Gasteiger partial charge is 0.464 e. The Morgan fingerprint density at radius 2 is 2.15 bits per heavy atom. The zero-order valence-corrected chi connectivity index (χ0v) is 12.6. The predicted octanol–water partition coefficient (Wildman–Crippen LogP) is 3.11. The normalized spacial score (nSPS) is 17.4. The lowest BCUT2D eigenvalue weighted by molar-refractivity contribution is -0.151. The Bertz CT molecular complexity index is 476. The van der Waals surface area contributed by atoms with E-state index in [1.54, 1.807) is 20.1 Å². The molecule has 1 aliphatic rings. The molecule has 0 aromatic heterocycles. The highest BCUT2D eigenvalue weighted by atomic mass is 35.5. The minimum absolute atomic E-state index is 0.220. The number of esters is 1. The molecular formula is C15H20ClNO3. The fourth-order valence-corrected chi connectivity index (χ4v) is 2.58. The highest BCUT2D eigenvalue weighted by Gasteiger charge is 2.52. The van der Waals surface area contributed by atoms with Crippen molar-refractivity contribution in [2.45, 2.75) is 25.3 Å². The summed E-state index contributed by atoms with van der Waals surface area (Å²) in [6.07, 6.45) is 1.97. The molecule has 0 saturated heterocycles. The molecule has 1 atom stereocenters. The summed E-state index contributed by atoms with van der Waals surface area (Å²) >= 11 is 6.18. The predicted molar refractivity (Wildman–Crippen MR) is 79.0 cm³/mol. The number of para-hydroxylation sites is 1. The van der Waals surface area contributed by atoms with E-state index in [0.717, 1.165) is 18.5 Å². The number of nitrogens with one attached hydrogen (secondary N) is 1. The third-order valence-corrected chi connectivity index (χ3v) is 3.85. The topological polar surface area (TPSA) is 47.6 Å². The maximum absolute atomic E-state index is 12.4. The molecule has 2 rings (SSSR count). The first-order valence-corrected chi connectivity index (χ1v) is 7.20. The van der Waals surface area contributed by atoms with Crippen LogP contribution in [0.4, 0.5) is 5.69 Å². The highest BCUT2D eigenvalue weighted by Crippen LogP contribution is 2.43. The van der Waals surface area contributed by atoms with E-state index < -0.39 is 5.54 Å². The average molecular weight is 298 g/mol. The van der Waals surface area contributed by atoms with Crippen LogP contribution < -0.4 is 5.32 Å². The van der Waals surface area contributed by atoms with Crippen molar-refractivity contribution in [1.29, 1.82) is 0 Å². The third kappa shape index (κ3) is 3.07. The molecule has 1 fully saturated rings. The van der Waals surface area contributed by atoms with Crippen LogP contribution in [0.3, 0.4) is 0 Å². The summed E-state index contributed by atoms with van der Waals surface area (Å²) in [6.45, 7) is 2.42. The molecule has 0 bridgehead atoms. The number of anilines is 1. The monoisotopic (exact) mass is 297 g/mol. The molecule has 1 N–H and O–H groups in total. The van der Waals surface area contributed by atoms with Gasteiger partial charge in [0.05, 0.1) is 23.9 Å². The molecule has 1 aromatic carbocycles. The number of benzene rings is 1. The third-order valence-electron chi connectivity index (χ3n) is 3.52. The second kappa shape index (κ2) is 6.46. The molecule has 1 aliphatic carbocycles. The van der Waals surface area contributed by atoms with Crippen LogP contribution in [-0.4, -0.2) is 31.8 Å². The van der Waals surface area contributed by atoms with Crippen LogP contribution in [0.1, 0.15) is 19.8 Å². The van der Waals surface area contributed by atoms with Gasteiger partial charge in [-0.25, -0.2) is 4.79 Å². The van der Waals surface area contributed by atoms with E-state index in [-0.39, 0.29) is 18.5 Å². The Morgan fingerprint density at radius 1 is 1.45 bits per heavy atom.